The van der Waals surface area contributed by atoms with Crippen LogP contribution in [0.25, 0.3) is 11.1 Å². The molecule has 0 saturated heterocycles. The van der Waals surface area contributed by atoms with Crippen LogP contribution in [0.2, 0.25) is 18.1 Å². The number of hydrogen-bond acceptors (Lipinski definition) is 5. The zero-order valence-corrected chi connectivity index (χ0v) is 30.6. The number of aliphatic hydroxyl groups excluding tert-OH is 1. The summed E-state index contributed by atoms with van der Waals surface area (Å²) in [6.45, 7) is 11.6. The van der Waals surface area contributed by atoms with Crippen LogP contribution in [-0.2, 0) is 14.0 Å². The molecule has 2 aromatic rings. The molecular formula is C40H60O6Si. The van der Waals surface area contributed by atoms with Gasteiger partial charge in [-0.3, -0.25) is 4.79 Å². The van der Waals surface area contributed by atoms with Crippen molar-refractivity contribution in [3.8, 4) is 11.1 Å². The van der Waals surface area contributed by atoms with Crippen LogP contribution in [0.15, 0.2) is 54.6 Å². The van der Waals surface area contributed by atoms with E-state index >= 15 is 0 Å². The van der Waals surface area contributed by atoms with Gasteiger partial charge in [-0.2, -0.15) is 0 Å². The summed E-state index contributed by atoms with van der Waals surface area (Å²) in [5.74, 6) is -0.412. The molecule has 0 aromatic heterocycles. The van der Waals surface area contributed by atoms with Crippen LogP contribution in [0.5, 0.6) is 0 Å². The summed E-state index contributed by atoms with van der Waals surface area (Å²) < 4.78 is 13.3. The summed E-state index contributed by atoms with van der Waals surface area (Å²) in [4.78, 5) is 24.4. The van der Waals surface area contributed by atoms with E-state index in [4.69, 9.17) is 14.3 Å². The fraction of sp³-hybridized carbons (Fsp3) is 0.650. The van der Waals surface area contributed by atoms with Crippen LogP contribution in [0.1, 0.15) is 121 Å². The molecule has 2 fully saturated rings. The van der Waals surface area contributed by atoms with Crippen molar-refractivity contribution in [2.75, 3.05) is 0 Å². The molecule has 0 spiro atoms. The van der Waals surface area contributed by atoms with Crippen LogP contribution in [0.3, 0.4) is 0 Å². The molecule has 2 N–H and O–H groups in total. The molecule has 47 heavy (non-hydrogen) atoms. The zero-order valence-electron chi connectivity index (χ0n) is 29.6. The number of carbonyl (C=O) groups excluding carboxylic acids is 1. The molecule has 260 valence electrons. The smallest absolute Gasteiger partial charge is 0.338 e. The average molecular weight is 665 g/mol. The van der Waals surface area contributed by atoms with E-state index in [-0.39, 0.29) is 41.5 Å². The molecule has 2 aromatic carbocycles. The molecular weight excluding hydrogens is 605 g/mol. The molecule has 0 radical (unpaired) electrons. The van der Waals surface area contributed by atoms with Crippen LogP contribution in [-0.4, -0.2) is 48.8 Å². The fourth-order valence-corrected chi connectivity index (χ4v) is 8.96. The maximum atomic E-state index is 13.4. The Balaban J connectivity index is 1.46. The number of carbonyl (C=O) groups is 2. The topological polar surface area (TPSA) is 93.1 Å². The van der Waals surface area contributed by atoms with Gasteiger partial charge in [-0.25, -0.2) is 4.79 Å². The number of benzene rings is 2. The van der Waals surface area contributed by atoms with Gasteiger partial charge in [-0.15, -0.1) is 0 Å². The lowest BCUT2D eigenvalue weighted by atomic mass is 9.80. The quantitative estimate of drug-likeness (QED) is 0.105. The summed E-state index contributed by atoms with van der Waals surface area (Å²) in [5, 5.41) is 20.6. The maximum Gasteiger partial charge on any atom is 0.338 e. The van der Waals surface area contributed by atoms with Crippen molar-refractivity contribution in [1.82, 2.24) is 0 Å². The zero-order chi connectivity index (χ0) is 34.0. The fourth-order valence-electron chi connectivity index (χ4n) is 7.54. The second-order valence-corrected chi connectivity index (χ2v) is 20.5. The Morgan fingerprint density at radius 2 is 1.49 bits per heavy atom. The van der Waals surface area contributed by atoms with E-state index in [0.29, 0.717) is 24.3 Å². The second kappa shape index (κ2) is 17.3. The molecule has 7 heteroatoms. The minimum Gasteiger partial charge on any atom is -0.481 e. The summed E-state index contributed by atoms with van der Waals surface area (Å²) in [6.07, 6.45) is 12.3. The standard InChI is InChI=1S/C40H60O6Si/c1-40(2,3)47(4,5)46-36(31-18-12-9-13-19-31)27-26-33-34(20-14-6-7-15-21-38(42)43)37(28-35(33)41)45-39(44)32-24-22-30(23-25-32)29-16-10-8-11-17-29/h8,10-11,16-17,22-25,31,33-37,41H,6-7,9,12-15,18-21,26-28H2,1-5H3,(H,42,43)/t33-,34-,35?,36-,37+/m1/s1. The number of carboxylic acids is 1. The third kappa shape index (κ3) is 10.8. The molecule has 6 nitrogen and oxygen atoms in total. The molecule has 1 unspecified atom stereocenters. The summed E-state index contributed by atoms with van der Waals surface area (Å²) in [6, 6.07) is 17.7. The van der Waals surface area contributed by atoms with Gasteiger partial charge in [0.05, 0.1) is 11.7 Å². The maximum absolute atomic E-state index is 13.4. The van der Waals surface area contributed by atoms with Gasteiger partial charge in [0.2, 0.25) is 0 Å². The monoisotopic (exact) mass is 664 g/mol. The Kier molecular flexibility index (Phi) is 13.7. The Morgan fingerprint density at radius 1 is 0.851 bits per heavy atom. The highest BCUT2D eigenvalue weighted by Crippen LogP contribution is 2.44. The number of aliphatic carboxylic acids is 1. The van der Waals surface area contributed by atoms with Gasteiger partial charge in [0.15, 0.2) is 8.32 Å². The third-order valence-electron chi connectivity index (χ3n) is 11.4. The molecule has 0 aliphatic heterocycles. The predicted molar refractivity (Wildman–Crippen MR) is 192 cm³/mol. The van der Waals surface area contributed by atoms with Crippen LogP contribution in [0, 0.1) is 17.8 Å². The number of esters is 1. The minimum absolute atomic E-state index is 0.0429. The van der Waals surface area contributed by atoms with Gasteiger partial charge in [-0.05, 0) is 91.8 Å². The van der Waals surface area contributed by atoms with Crippen molar-refractivity contribution >= 4 is 20.3 Å². The molecule has 0 amide bonds. The SMILES string of the molecule is CC(C)(C)[Si](C)(C)O[C@H](CC[C@H]1C(O)C[C@H](OC(=O)c2ccc(-c3ccccc3)cc2)[C@@H]1CCCCCCC(=O)O)C1CCCCC1. The van der Waals surface area contributed by atoms with Gasteiger partial charge in [0.1, 0.15) is 6.10 Å². The van der Waals surface area contributed by atoms with Crippen molar-refractivity contribution in [3.63, 3.8) is 0 Å². The van der Waals surface area contributed by atoms with Gasteiger partial charge in [-0.1, -0.05) is 102 Å². The average Bonchev–Trinajstić information content (AvgIpc) is 3.33. The largest absolute Gasteiger partial charge is 0.481 e. The van der Waals surface area contributed by atoms with E-state index in [1.54, 1.807) is 0 Å². The number of aliphatic hydroxyl groups is 1. The van der Waals surface area contributed by atoms with Crippen molar-refractivity contribution in [2.24, 2.45) is 17.8 Å². The van der Waals surface area contributed by atoms with E-state index in [9.17, 15) is 14.7 Å². The number of hydrogen-bond donors (Lipinski definition) is 2. The minimum atomic E-state index is -1.98. The van der Waals surface area contributed by atoms with Crippen molar-refractivity contribution in [3.05, 3.63) is 60.2 Å². The highest BCUT2D eigenvalue weighted by Gasteiger charge is 2.46. The van der Waals surface area contributed by atoms with Gasteiger partial charge < -0.3 is 19.4 Å². The van der Waals surface area contributed by atoms with Gasteiger partial charge >= 0.3 is 11.9 Å². The second-order valence-electron chi connectivity index (χ2n) is 15.8. The number of carboxylic acid groups (broad SMARTS) is 1. The number of rotatable bonds is 16. The molecule has 0 heterocycles. The summed E-state index contributed by atoms with van der Waals surface area (Å²) >= 11 is 0. The van der Waals surface area contributed by atoms with Crippen molar-refractivity contribution in [1.29, 1.82) is 0 Å². The van der Waals surface area contributed by atoms with E-state index in [1.165, 1.54) is 32.1 Å². The first-order chi connectivity index (χ1) is 22.4. The molecule has 2 aliphatic rings. The van der Waals surface area contributed by atoms with E-state index in [2.05, 4.69) is 46.0 Å². The molecule has 5 atom stereocenters. The van der Waals surface area contributed by atoms with Crippen LogP contribution < -0.4 is 0 Å². The van der Waals surface area contributed by atoms with E-state index in [1.807, 2.05) is 42.5 Å². The molecule has 0 bridgehead atoms. The Morgan fingerprint density at radius 3 is 2.13 bits per heavy atom. The lowest BCUT2D eigenvalue weighted by molar-refractivity contribution is -0.137. The first-order valence-corrected chi connectivity index (χ1v) is 21.2. The summed E-state index contributed by atoms with van der Waals surface area (Å²) in [7, 11) is -1.98. The highest BCUT2D eigenvalue weighted by molar-refractivity contribution is 6.74. The summed E-state index contributed by atoms with van der Waals surface area (Å²) in [5.41, 5.74) is 2.67. The lowest BCUT2D eigenvalue weighted by Gasteiger charge is -2.43. The molecule has 2 saturated carbocycles. The Hall–Kier alpha value is -2.48. The Labute approximate surface area is 284 Å². The molecule has 2 aliphatic carbocycles. The van der Waals surface area contributed by atoms with Crippen LogP contribution >= 0.6 is 0 Å². The van der Waals surface area contributed by atoms with Crippen molar-refractivity contribution < 1.29 is 29.0 Å². The predicted octanol–water partition coefficient (Wildman–Crippen LogP) is 10.1. The van der Waals surface area contributed by atoms with Crippen molar-refractivity contribution in [2.45, 2.75) is 147 Å². The normalized spacial score (nSPS) is 23.0. The number of unbranched alkanes of at least 4 members (excludes halogenated alkanes) is 3. The first-order valence-electron chi connectivity index (χ1n) is 18.3. The first kappa shape index (κ1) is 37.3. The third-order valence-corrected chi connectivity index (χ3v) is 15.9. The van der Waals surface area contributed by atoms with Gasteiger partial charge in [0.25, 0.3) is 0 Å². The Bertz CT molecular complexity index is 1250. The number of ether oxygens (including phenoxy) is 1. The highest BCUT2D eigenvalue weighted by atomic mass is 28.4. The van der Waals surface area contributed by atoms with Crippen LogP contribution in [0.4, 0.5) is 0 Å². The van der Waals surface area contributed by atoms with E-state index in [0.717, 1.165) is 49.7 Å². The van der Waals surface area contributed by atoms with Gasteiger partial charge in [0, 0.05) is 24.9 Å². The molecule has 4 rings (SSSR count). The lowest BCUT2D eigenvalue weighted by Crippen LogP contribution is -2.46. The van der Waals surface area contributed by atoms with E-state index < -0.39 is 20.4 Å².